The molecule has 0 aliphatic heterocycles. The minimum atomic E-state index is -1.26. The Balaban J connectivity index is 3.25. The number of carboxylic acids is 1. The second-order valence-electron chi connectivity index (χ2n) is 2.89. The number of carboxylic acid groups (broad SMARTS) is 1. The number of hydrogen-bond donors (Lipinski definition) is 2. The largest absolute Gasteiger partial charge is 0.481 e. The van der Waals surface area contributed by atoms with Crippen LogP contribution in [0.25, 0.3) is 0 Å². The van der Waals surface area contributed by atoms with E-state index in [-0.39, 0.29) is 12.1 Å². The van der Waals surface area contributed by atoms with E-state index in [0.29, 0.717) is 0 Å². The molecule has 0 aliphatic rings. The molecule has 1 aromatic carbocycles. The van der Waals surface area contributed by atoms with Crippen LogP contribution in [0.4, 0.5) is 8.78 Å². The molecule has 6 heteroatoms. The van der Waals surface area contributed by atoms with E-state index in [9.17, 15) is 13.6 Å². The second kappa shape index (κ2) is 4.55. The van der Waals surface area contributed by atoms with Gasteiger partial charge in [0.05, 0.1) is 10.9 Å². The van der Waals surface area contributed by atoms with Crippen LogP contribution in [-0.4, -0.2) is 17.6 Å². The second-order valence-corrected chi connectivity index (χ2v) is 3.27. The molecule has 0 fully saturated rings. The predicted molar refractivity (Wildman–Crippen MR) is 50.8 cm³/mol. The summed E-state index contributed by atoms with van der Waals surface area (Å²) < 4.78 is 25.7. The van der Waals surface area contributed by atoms with E-state index in [1.807, 2.05) is 0 Å². The van der Waals surface area contributed by atoms with Crippen molar-refractivity contribution >= 4 is 17.6 Å². The number of rotatable bonds is 3. The van der Waals surface area contributed by atoms with E-state index in [0.717, 1.165) is 12.1 Å². The molecule has 0 radical (unpaired) electrons. The van der Waals surface area contributed by atoms with E-state index in [1.165, 1.54) is 0 Å². The van der Waals surface area contributed by atoms with Crippen LogP contribution in [0.2, 0.25) is 5.02 Å². The van der Waals surface area contributed by atoms with Crippen molar-refractivity contribution < 1.29 is 18.7 Å². The first kappa shape index (κ1) is 11.9. The molecular formula is C9H8ClF2NO2. The molecule has 1 aromatic rings. The summed E-state index contributed by atoms with van der Waals surface area (Å²) in [6.07, 6.45) is 0. The first-order valence-electron chi connectivity index (χ1n) is 4.05. The zero-order valence-electron chi connectivity index (χ0n) is 7.51. The molecule has 0 spiro atoms. The zero-order valence-corrected chi connectivity index (χ0v) is 8.26. The Bertz CT molecular complexity index is 398. The van der Waals surface area contributed by atoms with Crippen LogP contribution in [0.5, 0.6) is 0 Å². The Morgan fingerprint density at radius 1 is 1.53 bits per heavy atom. The van der Waals surface area contributed by atoms with Crippen LogP contribution < -0.4 is 5.73 Å². The maximum atomic E-state index is 13.0. The van der Waals surface area contributed by atoms with Crippen LogP contribution in [0.3, 0.4) is 0 Å². The lowest BCUT2D eigenvalue weighted by Gasteiger charge is -2.12. The molecule has 0 aliphatic carbocycles. The highest BCUT2D eigenvalue weighted by Gasteiger charge is 2.23. The summed E-state index contributed by atoms with van der Waals surface area (Å²) in [6, 6.07) is 1.94. The highest BCUT2D eigenvalue weighted by Crippen LogP contribution is 2.28. The van der Waals surface area contributed by atoms with Crippen molar-refractivity contribution in [3.8, 4) is 0 Å². The van der Waals surface area contributed by atoms with E-state index in [1.54, 1.807) is 0 Å². The minimum Gasteiger partial charge on any atom is -0.481 e. The number of aliphatic carboxylic acids is 1. The lowest BCUT2D eigenvalue weighted by atomic mass is 9.99. The zero-order chi connectivity index (χ0) is 11.6. The molecule has 0 amide bonds. The summed E-state index contributed by atoms with van der Waals surface area (Å²) in [5, 5.41) is 8.22. The summed E-state index contributed by atoms with van der Waals surface area (Å²) >= 11 is 5.48. The van der Waals surface area contributed by atoms with Gasteiger partial charge in [0.2, 0.25) is 0 Å². The van der Waals surface area contributed by atoms with Crippen LogP contribution in [0, 0.1) is 11.6 Å². The van der Waals surface area contributed by atoms with E-state index >= 15 is 0 Å². The van der Waals surface area contributed by atoms with Crippen molar-refractivity contribution in [2.24, 2.45) is 5.73 Å². The van der Waals surface area contributed by atoms with Crippen LogP contribution in [0.1, 0.15) is 11.5 Å². The highest BCUT2D eigenvalue weighted by atomic mass is 35.5. The third kappa shape index (κ3) is 2.24. The molecule has 1 unspecified atom stereocenters. The first-order valence-corrected chi connectivity index (χ1v) is 4.43. The van der Waals surface area contributed by atoms with Gasteiger partial charge in [-0.05, 0) is 11.6 Å². The number of hydrogen-bond acceptors (Lipinski definition) is 2. The number of halogens is 3. The maximum absolute atomic E-state index is 13.0. The Labute approximate surface area is 89.5 Å². The van der Waals surface area contributed by atoms with Gasteiger partial charge in [0.1, 0.15) is 0 Å². The van der Waals surface area contributed by atoms with Gasteiger partial charge in [-0.25, -0.2) is 8.78 Å². The first-order chi connectivity index (χ1) is 6.99. The minimum absolute atomic E-state index is 0.0226. The predicted octanol–water partition coefficient (Wildman–Crippen LogP) is 1.75. The fourth-order valence-electron chi connectivity index (χ4n) is 1.17. The van der Waals surface area contributed by atoms with Crippen molar-refractivity contribution in [2.75, 3.05) is 6.54 Å². The van der Waals surface area contributed by atoms with E-state index < -0.39 is 28.5 Å². The molecule has 0 aromatic heterocycles. The molecule has 0 heterocycles. The van der Waals surface area contributed by atoms with Gasteiger partial charge in [0.25, 0.3) is 0 Å². The smallest absolute Gasteiger partial charge is 0.312 e. The summed E-state index contributed by atoms with van der Waals surface area (Å²) in [6.45, 7) is -0.236. The van der Waals surface area contributed by atoms with Crippen molar-refractivity contribution in [3.05, 3.63) is 34.4 Å². The monoisotopic (exact) mass is 235 g/mol. The molecule has 0 saturated carbocycles. The topological polar surface area (TPSA) is 63.3 Å². The molecule has 3 N–H and O–H groups in total. The summed E-state index contributed by atoms with van der Waals surface area (Å²) in [7, 11) is 0. The fourth-order valence-corrected chi connectivity index (χ4v) is 1.46. The number of benzene rings is 1. The average Bonchev–Trinajstić information content (AvgIpc) is 2.18. The van der Waals surface area contributed by atoms with Gasteiger partial charge >= 0.3 is 5.97 Å². The Morgan fingerprint density at radius 2 is 2.13 bits per heavy atom. The van der Waals surface area contributed by atoms with Crippen molar-refractivity contribution in [1.82, 2.24) is 0 Å². The standard InChI is InChI=1S/C9H8ClF2NO2/c10-7-4(5(3-13)9(14)15)1-2-6(11)8(7)12/h1-2,5H,3,13H2,(H,14,15). The number of carbonyl (C=O) groups is 1. The van der Waals surface area contributed by atoms with Crippen LogP contribution in [-0.2, 0) is 4.79 Å². The normalized spacial score (nSPS) is 12.5. The molecular weight excluding hydrogens is 228 g/mol. The summed E-state index contributed by atoms with van der Waals surface area (Å²) in [5.74, 6) is -4.74. The van der Waals surface area contributed by atoms with Gasteiger partial charge in [0.15, 0.2) is 11.6 Å². The van der Waals surface area contributed by atoms with Crippen LogP contribution in [0.15, 0.2) is 12.1 Å². The molecule has 0 saturated heterocycles. The third-order valence-corrected chi connectivity index (χ3v) is 2.36. The Morgan fingerprint density at radius 3 is 2.60 bits per heavy atom. The molecule has 1 rings (SSSR count). The molecule has 0 bridgehead atoms. The molecule has 3 nitrogen and oxygen atoms in total. The average molecular weight is 236 g/mol. The van der Waals surface area contributed by atoms with Crippen molar-refractivity contribution in [2.45, 2.75) is 5.92 Å². The third-order valence-electron chi connectivity index (χ3n) is 1.97. The Kier molecular flexibility index (Phi) is 3.60. The highest BCUT2D eigenvalue weighted by molar-refractivity contribution is 6.31. The van der Waals surface area contributed by atoms with E-state index in [2.05, 4.69) is 0 Å². The quantitative estimate of drug-likeness (QED) is 0.785. The van der Waals surface area contributed by atoms with Gasteiger partial charge in [-0.2, -0.15) is 0 Å². The fraction of sp³-hybridized carbons (Fsp3) is 0.222. The molecule has 1 atom stereocenters. The lowest BCUT2D eigenvalue weighted by molar-refractivity contribution is -0.138. The molecule has 82 valence electrons. The lowest BCUT2D eigenvalue weighted by Crippen LogP contribution is -2.21. The van der Waals surface area contributed by atoms with Gasteiger partial charge in [-0.15, -0.1) is 0 Å². The van der Waals surface area contributed by atoms with Gasteiger partial charge < -0.3 is 10.8 Å². The Hall–Kier alpha value is -1.20. The summed E-state index contributed by atoms with van der Waals surface area (Å²) in [4.78, 5) is 10.7. The van der Waals surface area contributed by atoms with Gasteiger partial charge in [0, 0.05) is 6.54 Å². The van der Waals surface area contributed by atoms with E-state index in [4.69, 9.17) is 22.4 Å². The molecule has 15 heavy (non-hydrogen) atoms. The van der Waals surface area contributed by atoms with Crippen molar-refractivity contribution in [3.63, 3.8) is 0 Å². The van der Waals surface area contributed by atoms with Crippen molar-refractivity contribution in [1.29, 1.82) is 0 Å². The van der Waals surface area contributed by atoms with Crippen LogP contribution >= 0.6 is 11.6 Å². The van der Waals surface area contributed by atoms with Gasteiger partial charge in [-0.3, -0.25) is 4.79 Å². The summed E-state index contributed by atoms with van der Waals surface area (Å²) in [5.41, 5.74) is 5.18. The number of nitrogens with two attached hydrogens (primary N) is 1. The van der Waals surface area contributed by atoms with Gasteiger partial charge in [-0.1, -0.05) is 17.7 Å². The SMILES string of the molecule is NCC(C(=O)O)c1ccc(F)c(F)c1Cl. The maximum Gasteiger partial charge on any atom is 0.312 e.